The molecule has 0 rings (SSSR count). The number of rotatable bonds is 4. The fourth-order valence-electron chi connectivity index (χ4n) is 0.162. The van der Waals surface area contributed by atoms with E-state index in [1.165, 1.54) is 0 Å². The zero-order valence-electron chi connectivity index (χ0n) is 4.15. The molecule has 50 valence electrons. The molecule has 0 aromatic rings. The average Bonchev–Trinajstić information content (AvgIpc) is 1.83. The minimum Gasteiger partial charge on any atom is -0.394 e. The molecular formula is C3H8O3S2. The highest BCUT2D eigenvalue weighted by atomic mass is 33.1. The lowest BCUT2D eigenvalue weighted by atomic mass is 10.4. The Labute approximate surface area is 57.1 Å². The SMILES string of the molecule is OCC(O)COSS. The van der Waals surface area contributed by atoms with E-state index in [9.17, 15) is 0 Å². The van der Waals surface area contributed by atoms with Gasteiger partial charge in [0.05, 0.1) is 24.3 Å². The van der Waals surface area contributed by atoms with Gasteiger partial charge in [-0.05, 0) is 0 Å². The monoisotopic (exact) mass is 156 g/mol. The molecule has 0 radical (unpaired) electrons. The van der Waals surface area contributed by atoms with Crippen molar-refractivity contribution < 1.29 is 14.4 Å². The summed E-state index contributed by atoms with van der Waals surface area (Å²) in [6, 6.07) is 0. The summed E-state index contributed by atoms with van der Waals surface area (Å²) in [4.78, 5) is 0. The fourth-order valence-corrected chi connectivity index (χ4v) is 0.562. The zero-order valence-corrected chi connectivity index (χ0v) is 5.86. The van der Waals surface area contributed by atoms with Crippen molar-refractivity contribution in [3.8, 4) is 0 Å². The van der Waals surface area contributed by atoms with Crippen LogP contribution in [0, 0.1) is 0 Å². The second-order valence-corrected chi connectivity index (χ2v) is 2.03. The summed E-state index contributed by atoms with van der Waals surface area (Å²) in [5.41, 5.74) is 0. The fraction of sp³-hybridized carbons (Fsp3) is 1.00. The first-order valence-electron chi connectivity index (χ1n) is 2.03. The third-order valence-corrected chi connectivity index (χ3v) is 1.08. The Morgan fingerprint density at radius 3 is 2.75 bits per heavy atom. The predicted octanol–water partition coefficient (Wildman–Crippen LogP) is -0.151. The lowest BCUT2D eigenvalue weighted by Crippen LogP contribution is -2.17. The van der Waals surface area contributed by atoms with E-state index in [0.29, 0.717) is 0 Å². The Bertz CT molecular complexity index is 51.8. The maximum Gasteiger partial charge on any atom is 0.102 e. The molecule has 3 nitrogen and oxygen atoms in total. The summed E-state index contributed by atoms with van der Waals surface area (Å²) >= 11 is 4.50. The van der Waals surface area contributed by atoms with Crippen LogP contribution in [0.15, 0.2) is 0 Å². The van der Waals surface area contributed by atoms with Crippen LogP contribution in [0.4, 0.5) is 0 Å². The maximum absolute atomic E-state index is 8.57. The van der Waals surface area contributed by atoms with E-state index in [1.54, 1.807) is 0 Å². The summed E-state index contributed by atoms with van der Waals surface area (Å²) in [5, 5.41) is 16.8. The van der Waals surface area contributed by atoms with Crippen LogP contribution in [0.5, 0.6) is 0 Å². The van der Waals surface area contributed by atoms with Gasteiger partial charge in [0, 0.05) is 0 Å². The minimum atomic E-state index is -0.783. The van der Waals surface area contributed by atoms with Crippen LogP contribution in [-0.2, 0) is 4.18 Å². The molecule has 0 saturated heterocycles. The van der Waals surface area contributed by atoms with Gasteiger partial charge in [-0.15, -0.1) is 0 Å². The van der Waals surface area contributed by atoms with Crippen molar-refractivity contribution >= 4 is 22.7 Å². The highest BCUT2D eigenvalue weighted by Crippen LogP contribution is 2.06. The second kappa shape index (κ2) is 5.71. The molecule has 0 aliphatic rings. The van der Waals surface area contributed by atoms with Crippen LogP contribution in [0.25, 0.3) is 0 Å². The van der Waals surface area contributed by atoms with Gasteiger partial charge in [0.15, 0.2) is 0 Å². The van der Waals surface area contributed by atoms with Crippen molar-refractivity contribution in [3.05, 3.63) is 0 Å². The number of aliphatic hydroxyl groups is 2. The van der Waals surface area contributed by atoms with Gasteiger partial charge in [-0.1, -0.05) is 11.7 Å². The molecule has 0 fully saturated rings. The molecule has 5 heteroatoms. The van der Waals surface area contributed by atoms with Crippen LogP contribution in [0.1, 0.15) is 0 Å². The lowest BCUT2D eigenvalue weighted by Gasteiger charge is -2.02. The summed E-state index contributed by atoms with van der Waals surface area (Å²) in [5.74, 6) is 0. The van der Waals surface area contributed by atoms with Crippen molar-refractivity contribution in [1.29, 1.82) is 0 Å². The smallest absolute Gasteiger partial charge is 0.102 e. The molecule has 0 aliphatic heterocycles. The van der Waals surface area contributed by atoms with Gasteiger partial charge < -0.3 is 14.4 Å². The standard InChI is InChI=1S/C3H8O3S2/c4-1-3(5)2-6-8-7/h3-5,7H,1-2H2. The average molecular weight is 156 g/mol. The molecule has 0 aromatic carbocycles. The van der Waals surface area contributed by atoms with E-state index >= 15 is 0 Å². The quantitative estimate of drug-likeness (QED) is 0.301. The summed E-state index contributed by atoms with van der Waals surface area (Å²) in [7, 11) is 0. The highest BCUT2D eigenvalue weighted by molar-refractivity contribution is 8.66. The Morgan fingerprint density at radius 1 is 1.75 bits per heavy atom. The molecule has 0 aliphatic carbocycles. The van der Waals surface area contributed by atoms with Crippen LogP contribution < -0.4 is 0 Å². The third-order valence-electron chi connectivity index (χ3n) is 0.524. The van der Waals surface area contributed by atoms with Crippen molar-refractivity contribution in [2.75, 3.05) is 13.2 Å². The van der Waals surface area contributed by atoms with E-state index in [-0.39, 0.29) is 13.2 Å². The van der Waals surface area contributed by atoms with Gasteiger partial charge in [-0.2, -0.15) is 0 Å². The predicted molar refractivity (Wildman–Crippen MR) is 35.6 cm³/mol. The Hall–Kier alpha value is 0.580. The van der Waals surface area contributed by atoms with Crippen LogP contribution >= 0.6 is 22.7 Å². The van der Waals surface area contributed by atoms with Gasteiger partial charge >= 0.3 is 0 Å². The topological polar surface area (TPSA) is 49.7 Å². The normalized spacial score (nSPS) is 13.9. The third kappa shape index (κ3) is 4.73. The minimum absolute atomic E-state index is 0.116. The molecule has 0 amide bonds. The Morgan fingerprint density at radius 2 is 2.38 bits per heavy atom. The van der Waals surface area contributed by atoms with Gasteiger partial charge in [0.2, 0.25) is 0 Å². The molecular weight excluding hydrogens is 148 g/mol. The zero-order chi connectivity index (χ0) is 6.41. The first-order valence-corrected chi connectivity index (χ1v) is 3.82. The van der Waals surface area contributed by atoms with Crippen LogP contribution in [0.2, 0.25) is 0 Å². The molecule has 1 atom stereocenters. The van der Waals surface area contributed by atoms with Gasteiger partial charge in [-0.25, -0.2) is 0 Å². The molecule has 8 heavy (non-hydrogen) atoms. The number of thiol groups is 1. The van der Waals surface area contributed by atoms with Gasteiger partial charge in [-0.3, -0.25) is 0 Å². The number of hydrogen-bond acceptors (Lipinski definition) is 5. The Balaban J connectivity index is 2.86. The van der Waals surface area contributed by atoms with Gasteiger partial charge in [0.25, 0.3) is 0 Å². The maximum atomic E-state index is 8.57. The number of aliphatic hydroxyl groups excluding tert-OH is 2. The Kier molecular flexibility index (Phi) is 6.13. The molecule has 0 heterocycles. The van der Waals surface area contributed by atoms with E-state index in [0.717, 1.165) is 11.1 Å². The van der Waals surface area contributed by atoms with Gasteiger partial charge in [0.1, 0.15) is 6.10 Å². The van der Waals surface area contributed by atoms with E-state index < -0.39 is 6.10 Å². The first kappa shape index (κ1) is 8.58. The molecule has 0 bridgehead atoms. The molecule has 0 saturated carbocycles. The summed E-state index contributed by atoms with van der Waals surface area (Å²) in [6.45, 7) is -0.154. The van der Waals surface area contributed by atoms with E-state index in [4.69, 9.17) is 10.2 Å². The van der Waals surface area contributed by atoms with Crippen molar-refractivity contribution in [1.82, 2.24) is 0 Å². The highest BCUT2D eigenvalue weighted by Gasteiger charge is 1.99. The van der Waals surface area contributed by atoms with E-state index in [1.807, 2.05) is 0 Å². The number of hydrogen-bond donors (Lipinski definition) is 3. The van der Waals surface area contributed by atoms with E-state index in [2.05, 4.69) is 15.8 Å². The lowest BCUT2D eigenvalue weighted by molar-refractivity contribution is 0.0609. The molecule has 0 aromatic heterocycles. The second-order valence-electron chi connectivity index (χ2n) is 1.20. The molecule has 1 unspecified atom stereocenters. The summed E-state index contributed by atoms with van der Waals surface area (Å²) in [6.07, 6.45) is -0.783. The largest absolute Gasteiger partial charge is 0.394 e. The summed E-state index contributed by atoms with van der Waals surface area (Å²) < 4.78 is 4.56. The molecule has 0 spiro atoms. The molecule has 2 N–H and O–H groups in total. The van der Waals surface area contributed by atoms with Crippen LogP contribution in [-0.4, -0.2) is 29.5 Å². The van der Waals surface area contributed by atoms with Crippen LogP contribution in [0.3, 0.4) is 0 Å². The van der Waals surface area contributed by atoms with Crippen molar-refractivity contribution in [2.45, 2.75) is 6.10 Å². The van der Waals surface area contributed by atoms with Crippen molar-refractivity contribution in [2.24, 2.45) is 0 Å². The van der Waals surface area contributed by atoms with Crippen molar-refractivity contribution in [3.63, 3.8) is 0 Å². The first-order chi connectivity index (χ1) is 3.81.